The van der Waals surface area contributed by atoms with Gasteiger partial charge < -0.3 is 25.2 Å². The first-order valence-electron chi connectivity index (χ1n) is 10.2. The molecule has 1 aromatic heterocycles. The lowest BCUT2D eigenvalue weighted by molar-refractivity contribution is 0.249. The molecule has 1 aromatic carbocycles. The summed E-state index contributed by atoms with van der Waals surface area (Å²) in [6.07, 6.45) is 3.94. The van der Waals surface area contributed by atoms with Gasteiger partial charge in [-0.2, -0.15) is 15.0 Å². The highest BCUT2D eigenvalue weighted by Gasteiger charge is 2.25. The van der Waals surface area contributed by atoms with Crippen LogP contribution >= 0.6 is 11.6 Å². The molecule has 0 radical (unpaired) electrons. The molecule has 2 N–H and O–H groups in total. The molecule has 1 aliphatic rings. The normalized spacial score (nSPS) is 14.9. The Labute approximate surface area is 183 Å². The topological polar surface area (TPSA) is 78.4 Å². The van der Waals surface area contributed by atoms with Gasteiger partial charge in [0.15, 0.2) is 0 Å². The van der Waals surface area contributed by atoms with Crippen LogP contribution in [0.2, 0.25) is 5.02 Å². The third-order valence-electron chi connectivity index (χ3n) is 5.16. The second kappa shape index (κ2) is 10.4. The number of halogens is 1. The summed E-state index contributed by atoms with van der Waals surface area (Å²) in [5, 5.41) is 6.93. The summed E-state index contributed by atoms with van der Waals surface area (Å²) >= 11 is 6.26. The van der Waals surface area contributed by atoms with E-state index in [1.807, 2.05) is 6.07 Å². The van der Waals surface area contributed by atoms with Gasteiger partial charge in [-0.25, -0.2) is 0 Å². The van der Waals surface area contributed by atoms with Crippen LogP contribution in [-0.2, 0) is 0 Å². The largest absolute Gasteiger partial charge is 0.495 e. The van der Waals surface area contributed by atoms with E-state index in [1.54, 1.807) is 25.3 Å². The van der Waals surface area contributed by atoms with Crippen LogP contribution in [-0.4, -0.2) is 66.2 Å². The molecule has 0 unspecified atom stereocenters. The average molecular weight is 432 g/mol. The van der Waals surface area contributed by atoms with Gasteiger partial charge in [0.2, 0.25) is 17.8 Å². The number of piperidine rings is 1. The number of anilines is 4. The fourth-order valence-electron chi connectivity index (χ4n) is 3.53. The number of likely N-dealkylation sites (tertiary alicyclic amines) is 1. The first-order valence-corrected chi connectivity index (χ1v) is 10.6. The number of hydrogen-bond donors (Lipinski definition) is 2. The van der Waals surface area contributed by atoms with Crippen molar-refractivity contribution in [3.63, 3.8) is 0 Å². The van der Waals surface area contributed by atoms with E-state index in [0.717, 1.165) is 38.2 Å². The third kappa shape index (κ3) is 5.52. The summed E-state index contributed by atoms with van der Waals surface area (Å²) in [5.41, 5.74) is 0.773. The number of methoxy groups -OCH3 is 1. The van der Waals surface area contributed by atoms with E-state index in [1.165, 1.54) is 0 Å². The maximum Gasteiger partial charge on any atom is 0.233 e. The van der Waals surface area contributed by atoms with Gasteiger partial charge in [-0.3, -0.25) is 0 Å². The van der Waals surface area contributed by atoms with Gasteiger partial charge >= 0.3 is 0 Å². The molecule has 0 aliphatic carbocycles. The van der Waals surface area contributed by atoms with Gasteiger partial charge in [0.1, 0.15) is 5.75 Å². The molecule has 1 fully saturated rings. The van der Waals surface area contributed by atoms with Crippen LogP contribution in [0, 0.1) is 0 Å². The molecule has 2 heterocycles. The van der Waals surface area contributed by atoms with Crippen molar-refractivity contribution in [2.24, 2.45) is 0 Å². The minimum absolute atomic E-state index is 0.407. The molecule has 0 amide bonds. The Kier molecular flexibility index (Phi) is 7.70. The van der Waals surface area contributed by atoms with Crippen molar-refractivity contribution in [3.8, 4) is 5.75 Å². The SMILES string of the molecule is C=CCNc1nc(Nc2ccc(OC)c(Cl)c2)nc(N(CC)C2CCN(C)CC2)n1. The Morgan fingerprint density at radius 2 is 2.00 bits per heavy atom. The third-order valence-corrected chi connectivity index (χ3v) is 5.46. The predicted molar refractivity (Wildman–Crippen MR) is 123 cm³/mol. The number of nitrogens with zero attached hydrogens (tertiary/aromatic N) is 5. The van der Waals surface area contributed by atoms with Crippen LogP contribution in [0.4, 0.5) is 23.5 Å². The van der Waals surface area contributed by atoms with E-state index in [9.17, 15) is 0 Å². The Morgan fingerprint density at radius 3 is 2.63 bits per heavy atom. The van der Waals surface area contributed by atoms with Gasteiger partial charge in [0, 0.05) is 24.8 Å². The van der Waals surface area contributed by atoms with E-state index >= 15 is 0 Å². The van der Waals surface area contributed by atoms with Crippen molar-refractivity contribution in [3.05, 3.63) is 35.9 Å². The zero-order chi connectivity index (χ0) is 21.5. The molecule has 1 aliphatic heterocycles. The van der Waals surface area contributed by atoms with Crippen LogP contribution < -0.4 is 20.3 Å². The van der Waals surface area contributed by atoms with Crippen LogP contribution in [0.25, 0.3) is 0 Å². The standard InChI is InChI=1S/C21H30ClN7O/c1-5-11-23-19-25-20(24-15-7-8-18(30-4)17(22)14-15)27-21(26-19)29(6-2)16-9-12-28(3)13-10-16/h5,7-8,14,16H,1,6,9-13H2,2-4H3,(H2,23,24,25,26,27). The highest BCUT2D eigenvalue weighted by molar-refractivity contribution is 6.32. The smallest absolute Gasteiger partial charge is 0.233 e. The quantitative estimate of drug-likeness (QED) is 0.580. The number of rotatable bonds is 9. The monoisotopic (exact) mass is 431 g/mol. The summed E-state index contributed by atoms with van der Waals surface area (Å²) < 4.78 is 5.22. The molecule has 0 spiro atoms. The molecule has 1 saturated heterocycles. The number of hydrogen-bond acceptors (Lipinski definition) is 8. The molecule has 8 nitrogen and oxygen atoms in total. The summed E-state index contributed by atoms with van der Waals surface area (Å²) in [5.74, 6) is 2.24. The maximum atomic E-state index is 6.26. The highest BCUT2D eigenvalue weighted by atomic mass is 35.5. The minimum Gasteiger partial charge on any atom is -0.495 e. The lowest BCUT2D eigenvalue weighted by atomic mass is 10.0. The number of nitrogens with one attached hydrogen (secondary N) is 2. The molecular weight excluding hydrogens is 402 g/mol. The Morgan fingerprint density at radius 1 is 1.27 bits per heavy atom. The maximum absolute atomic E-state index is 6.26. The minimum atomic E-state index is 0.407. The molecule has 162 valence electrons. The molecular formula is C21H30ClN7O. The summed E-state index contributed by atoms with van der Waals surface area (Å²) in [7, 11) is 3.75. The summed E-state index contributed by atoms with van der Waals surface area (Å²) in [6, 6.07) is 5.87. The zero-order valence-electron chi connectivity index (χ0n) is 17.9. The van der Waals surface area contributed by atoms with Gasteiger partial charge in [-0.05, 0) is 58.1 Å². The summed E-state index contributed by atoms with van der Waals surface area (Å²) in [4.78, 5) is 18.5. The van der Waals surface area contributed by atoms with Crippen molar-refractivity contribution in [1.82, 2.24) is 19.9 Å². The van der Waals surface area contributed by atoms with Crippen molar-refractivity contribution in [2.45, 2.75) is 25.8 Å². The van der Waals surface area contributed by atoms with Crippen molar-refractivity contribution in [2.75, 3.05) is 55.9 Å². The van der Waals surface area contributed by atoms with E-state index < -0.39 is 0 Å². The fourth-order valence-corrected chi connectivity index (χ4v) is 3.79. The average Bonchev–Trinajstić information content (AvgIpc) is 2.74. The van der Waals surface area contributed by atoms with Crippen molar-refractivity contribution >= 4 is 35.1 Å². The predicted octanol–water partition coefficient (Wildman–Crippen LogP) is 3.80. The Balaban J connectivity index is 1.88. The molecule has 0 saturated carbocycles. The van der Waals surface area contributed by atoms with Crippen molar-refractivity contribution < 1.29 is 4.74 Å². The Hall–Kier alpha value is -2.58. The number of ether oxygens (including phenoxy) is 1. The van der Waals surface area contributed by atoms with E-state index in [0.29, 0.717) is 41.2 Å². The molecule has 30 heavy (non-hydrogen) atoms. The first-order chi connectivity index (χ1) is 14.5. The second-order valence-corrected chi connectivity index (χ2v) is 7.65. The van der Waals surface area contributed by atoms with Crippen LogP contribution in [0.5, 0.6) is 5.75 Å². The second-order valence-electron chi connectivity index (χ2n) is 7.25. The van der Waals surface area contributed by atoms with Crippen LogP contribution in [0.15, 0.2) is 30.9 Å². The summed E-state index contributed by atoms with van der Waals surface area (Å²) in [6.45, 7) is 9.43. The zero-order valence-corrected chi connectivity index (χ0v) is 18.6. The molecule has 3 rings (SSSR count). The molecule has 0 atom stereocenters. The number of aromatic nitrogens is 3. The van der Waals surface area contributed by atoms with Gasteiger partial charge in [0.25, 0.3) is 0 Å². The lowest BCUT2D eigenvalue weighted by Crippen LogP contribution is -2.44. The number of benzene rings is 1. The van der Waals surface area contributed by atoms with E-state index in [-0.39, 0.29) is 0 Å². The van der Waals surface area contributed by atoms with E-state index in [2.05, 4.69) is 51.0 Å². The van der Waals surface area contributed by atoms with Gasteiger partial charge in [-0.1, -0.05) is 17.7 Å². The van der Waals surface area contributed by atoms with Gasteiger partial charge in [-0.15, -0.1) is 6.58 Å². The first kappa shape index (κ1) is 22.1. The lowest BCUT2D eigenvalue weighted by Gasteiger charge is -2.36. The van der Waals surface area contributed by atoms with Gasteiger partial charge in [0.05, 0.1) is 12.1 Å². The molecule has 0 bridgehead atoms. The van der Waals surface area contributed by atoms with E-state index in [4.69, 9.17) is 21.3 Å². The molecule has 2 aromatic rings. The molecule has 9 heteroatoms. The fraction of sp³-hybridized carbons (Fsp3) is 0.476. The van der Waals surface area contributed by atoms with Crippen LogP contribution in [0.3, 0.4) is 0 Å². The van der Waals surface area contributed by atoms with Crippen molar-refractivity contribution in [1.29, 1.82) is 0 Å². The Bertz CT molecular complexity index is 855. The highest BCUT2D eigenvalue weighted by Crippen LogP contribution is 2.29. The van der Waals surface area contributed by atoms with Crippen LogP contribution in [0.1, 0.15) is 19.8 Å².